The van der Waals surface area contributed by atoms with Crippen LogP contribution in [-0.4, -0.2) is 25.7 Å². The number of fused-ring (bicyclic) bond motifs is 1. The Bertz CT molecular complexity index is 959. The lowest BCUT2D eigenvalue weighted by molar-refractivity contribution is 0.415. The van der Waals surface area contributed by atoms with Crippen LogP contribution in [0.1, 0.15) is 22.0 Å². The van der Waals surface area contributed by atoms with Gasteiger partial charge >= 0.3 is 0 Å². The van der Waals surface area contributed by atoms with Crippen molar-refractivity contribution in [3.8, 4) is 5.75 Å². The Morgan fingerprint density at radius 3 is 2.54 bits per heavy atom. The Balaban J connectivity index is 1.91. The fourth-order valence-corrected chi connectivity index (χ4v) is 3.83. The molecule has 1 aliphatic heterocycles. The second kappa shape index (κ2) is 7.14. The molecule has 1 aliphatic rings. The van der Waals surface area contributed by atoms with Crippen LogP contribution in [-0.2, 0) is 0 Å². The summed E-state index contributed by atoms with van der Waals surface area (Å²) in [5.41, 5.74) is 4.09. The van der Waals surface area contributed by atoms with E-state index in [0.717, 1.165) is 39.0 Å². The molecule has 1 N–H and O–H groups in total. The standard InChI is InChI=1S/C21H19N3OS/c1-22-21-20(18-8-5-13-26-18)24-19(14-9-11-15(25-2)12-10-14)16-6-3-4-7-17(16)23-21/h3-13,20H,1-2H3,(H,22,23). The molecule has 0 radical (unpaired) electrons. The number of amidine groups is 1. The molecule has 0 spiro atoms. The minimum atomic E-state index is -0.149. The summed E-state index contributed by atoms with van der Waals surface area (Å²) in [5, 5.41) is 5.56. The maximum Gasteiger partial charge on any atom is 0.142 e. The molecule has 0 saturated heterocycles. The van der Waals surface area contributed by atoms with Crippen LogP contribution in [0.15, 0.2) is 76.0 Å². The van der Waals surface area contributed by atoms with Crippen LogP contribution in [0.2, 0.25) is 0 Å². The average molecular weight is 361 g/mol. The van der Waals surface area contributed by atoms with Crippen molar-refractivity contribution in [1.29, 1.82) is 0 Å². The number of hydrogen-bond acceptors (Lipinski definition) is 4. The van der Waals surface area contributed by atoms with Gasteiger partial charge in [0.2, 0.25) is 0 Å². The van der Waals surface area contributed by atoms with Gasteiger partial charge in [-0.25, -0.2) is 0 Å². The summed E-state index contributed by atoms with van der Waals surface area (Å²) < 4.78 is 5.30. The van der Waals surface area contributed by atoms with E-state index in [1.807, 2.05) is 42.5 Å². The predicted molar refractivity (Wildman–Crippen MR) is 109 cm³/mol. The lowest BCUT2D eigenvalue weighted by atomic mass is 10.0. The van der Waals surface area contributed by atoms with Gasteiger partial charge in [0.25, 0.3) is 0 Å². The molecule has 4 rings (SSSR count). The molecule has 0 saturated carbocycles. The van der Waals surface area contributed by atoms with Crippen LogP contribution in [0.3, 0.4) is 0 Å². The van der Waals surface area contributed by atoms with E-state index in [-0.39, 0.29) is 6.04 Å². The van der Waals surface area contributed by atoms with Gasteiger partial charge in [0.05, 0.1) is 12.8 Å². The van der Waals surface area contributed by atoms with Crippen LogP contribution < -0.4 is 10.1 Å². The van der Waals surface area contributed by atoms with Crippen LogP contribution >= 0.6 is 11.3 Å². The first-order chi connectivity index (χ1) is 12.8. The maximum absolute atomic E-state index is 5.30. The molecule has 26 heavy (non-hydrogen) atoms. The van der Waals surface area contributed by atoms with Gasteiger partial charge in [0.1, 0.15) is 17.6 Å². The number of thiophene rings is 1. The zero-order valence-electron chi connectivity index (χ0n) is 14.6. The van der Waals surface area contributed by atoms with Gasteiger partial charge < -0.3 is 10.1 Å². The topological polar surface area (TPSA) is 46.0 Å². The second-order valence-corrected chi connectivity index (χ2v) is 6.88. The Kier molecular flexibility index (Phi) is 4.54. The Labute approximate surface area is 156 Å². The van der Waals surface area contributed by atoms with Gasteiger partial charge in [-0.1, -0.05) is 24.3 Å². The van der Waals surface area contributed by atoms with Crippen molar-refractivity contribution in [2.45, 2.75) is 6.04 Å². The minimum Gasteiger partial charge on any atom is -0.497 e. The highest BCUT2D eigenvalue weighted by molar-refractivity contribution is 7.10. The maximum atomic E-state index is 5.30. The first kappa shape index (κ1) is 16.5. The summed E-state index contributed by atoms with van der Waals surface area (Å²) in [5.74, 6) is 1.68. The van der Waals surface area contributed by atoms with Crippen LogP contribution in [0.5, 0.6) is 5.75 Å². The molecule has 0 fully saturated rings. The highest BCUT2D eigenvalue weighted by Crippen LogP contribution is 2.32. The number of methoxy groups -OCH3 is 1. The van der Waals surface area contributed by atoms with E-state index in [2.05, 4.69) is 33.9 Å². The molecule has 1 unspecified atom stereocenters. The van der Waals surface area contributed by atoms with Crippen molar-refractivity contribution in [3.05, 3.63) is 82.0 Å². The van der Waals surface area contributed by atoms with Crippen LogP contribution in [0, 0.1) is 0 Å². The highest BCUT2D eigenvalue weighted by atomic mass is 32.1. The van der Waals surface area contributed by atoms with Gasteiger partial charge in [-0.2, -0.15) is 0 Å². The number of nitrogens with zero attached hydrogens (tertiary/aromatic N) is 2. The summed E-state index contributed by atoms with van der Waals surface area (Å²) in [7, 11) is 3.48. The monoisotopic (exact) mass is 361 g/mol. The Morgan fingerprint density at radius 2 is 1.85 bits per heavy atom. The Hall–Kier alpha value is -2.92. The summed E-state index contributed by atoms with van der Waals surface area (Å²) in [6, 6.07) is 20.3. The van der Waals surface area contributed by atoms with Crippen molar-refractivity contribution in [1.82, 2.24) is 0 Å². The summed E-state index contributed by atoms with van der Waals surface area (Å²) >= 11 is 1.69. The third-order valence-electron chi connectivity index (χ3n) is 4.38. The third-order valence-corrected chi connectivity index (χ3v) is 5.30. The molecule has 0 bridgehead atoms. The molecule has 3 aromatic rings. The molecular weight excluding hydrogens is 342 g/mol. The number of nitrogens with one attached hydrogen (secondary N) is 1. The SMILES string of the molecule is CN=C1Nc2ccccc2C(c2ccc(OC)cc2)=NC1c1cccs1. The largest absolute Gasteiger partial charge is 0.497 e. The van der Waals surface area contributed by atoms with Gasteiger partial charge in [-0.05, 0) is 41.8 Å². The van der Waals surface area contributed by atoms with E-state index in [4.69, 9.17) is 9.73 Å². The number of benzodiazepines with no additional fused rings is 1. The molecular formula is C21H19N3OS. The zero-order chi connectivity index (χ0) is 17.9. The van der Waals surface area contributed by atoms with Crippen LogP contribution in [0.25, 0.3) is 0 Å². The second-order valence-electron chi connectivity index (χ2n) is 5.90. The number of rotatable bonds is 3. The zero-order valence-corrected chi connectivity index (χ0v) is 15.5. The van der Waals surface area contributed by atoms with Crippen molar-refractivity contribution in [2.75, 3.05) is 19.5 Å². The van der Waals surface area contributed by atoms with E-state index in [1.54, 1.807) is 25.5 Å². The van der Waals surface area contributed by atoms with E-state index < -0.39 is 0 Å². The first-order valence-corrected chi connectivity index (χ1v) is 9.27. The quantitative estimate of drug-likeness (QED) is 0.729. The van der Waals surface area contributed by atoms with Gasteiger partial charge in [0, 0.05) is 28.7 Å². The van der Waals surface area contributed by atoms with E-state index >= 15 is 0 Å². The molecule has 2 aromatic carbocycles. The lowest BCUT2D eigenvalue weighted by Gasteiger charge is -2.13. The van der Waals surface area contributed by atoms with E-state index in [9.17, 15) is 0 Å². The molecule has 0 aliphatic carbocycles. The van der Waals surface area contributed by atoms with Gasteiger partial charge in [-0.15, -0.1) is 11.3 Å². The number of para-hydroxylation sites is 1. The number of anilines is 1. The summed E-state index contributed by atoms with van der Waals surface area (Å²) in [4.78, 5) is 10.8. The summed E-state index contributed by atoms with van der Waals surface area (Å²) in [6.45, 7) is 0. The smallest absolute Gasteiger partial charge is 0.142 e. The average Bonchev–Trinajstić information content (AvgIpc) is 3.17. The number of aliphatic imine (C=N–C) groups is 2. The molecule has 1 aromatic heterocycles. The molecule has 130 valence electrons. The van der Waals surface area contributed by atoms with Crippen molar-refractivity contribution in [2.24, 2.45) is 9.98 Å². The highest BCUT2D eigenvalue weighted by Gasteiger charge is 2.25. The third kappa shape index (κ3) is 3.02. The first-order valence-electron chi connectivity index (χ1n) is 8.39. The fraction of sp³-hybridized carbons (Fsp3) is 0.143. The predicted octanol–water partition coefficient (Wildman–Crippen LogP) is 4.79. The minimum absolute atomic E-state index is 0.149. The number of ether oxygens (including phenoxy) is 1. The molecule has 4 nitrogen and oxygen atoms in total. The van der Waals surface area contributed by atoms with Gasteiger partial charge in [-0.3, -0.25) is 9.98 Å². The molecule has 0 amide bonds. The Morgan fingerprint density at radius 1 is 1.04 bits per heavy atom. The fourth-order valence-electron chi connectivity index (χ4n) is 3.07. The van der Waals surface area contributed by atoms with E-state index in [1.165, 1.54) is 0 Å². The van der Waals surface area contributed by atoms with Crippen molar-refractivity contribution >= 4 is 28.6 Å². The molecule has 1 atom stereocenters. The lowest BCUT2D eigenvalue weighted by Crippen LogP contribution is -2.18. The number of hydrogen-bond donors (Lipinski definition) is 1. The van der Waals surface area contributed by atoms with Crippen molar-refractivity contribution in [3.63, 3.8) is 0 Å². The van der Waals surface area contributed by atoms with Crippen LogP contribution in [0.4, 0.5) is 5.69 Å². The van der Waals surface area contributed by atoms with Crippen molar-refractivity contribution < 1.29 is 4.74 Å². The summed E-state index contributed by atoms with van der Waals surface area (Å²) in [6.07, 6.45) is 0. The normalized spacial score (nSPS) is 17.8. The van der Waals surface area contributed by atoms with E-state index in [0.29, 0.717) is 0 Å². The molecule has 5 heteroatoms. The molecule has 2 heterocycles. The number of benzene rings is 2. The van der Waals surface area contributed by atoms with Gasteiger partial charge in [0.15, 0.2) is 0 Å².